The third kappa shape index (κ3) is 7.66. The minimum absolute atomic E-state index is 0.157. The molecule has 1 atom stereocenters. The molecule has 0 bridgehead atoms. The normalized spacial score (nSPS) is 13.1. The Morgan fingerprint density at radius 3 is 2.47 bits per heavy atom. The Morgan fingerprint density at radius 2 is 2.00 bits per heavy atom. The molecule has 8 nitrogen and oxygen atoms in total. The molecule has 0 unspecified atom stereocenters. The van der Waals surface area contributed by atoms with E-state index in [4.69, 9.17) is 10.2 Å². The van der Waals surface area contributed by atoms with E-state index in [0.717, 1.165) is 0 Å². The van der Waals surface area contributed by atoms with Crippen LogP contribution in [0.5, 0.6) is 0 Å². The Kier molecular flexibility index (Phi) is 6.69. The monoisotopic (exact) mass is 269 g/mol. The van der Waals surface area contributed by atoms with E-state index in [1.165, 1.54) is 0 Å². The van der Waals surface area contributed by atoms with Gasteiger partial charge in [-0.05, 0) is 6.92 Å². The number of aliphatic hydroxyl groups excluding tert-OH is 1. The van der Waals surface area contributed by atoms with E-state index in [0.29, 0.717) is 0 Å². The molecule has 0 heterocycles. The van der Waals surface area contributed by atoms with E-state index in [2.05, 4.69) is 4.74 Å². The van der Waals surface area contributed by atoms with Gasteiger partial charge in [0.15, 0.2) is 6.10 Å². The van der Waals surface area contributed by atoms with Crippen LogP contribution in [-0.4, -0.2) is 55.6 Å². The third-order valence-corrected chi connectivity index (χ3v) is 3.01. The van der Waals surface area contributed by atoms with Crippen molar-refractivity contribution in [1.29, 1.82) is 0 Å². The van der Waals surface area contributed by atoms with Crippen molar-refractivity contribution in [3.05, 3.63) is 0 Å². The summed E-state index contributed by atoms with van der Waals surface area (Å²) in [5, 5.41) is 17.1. The van der Waals surface area contributed by atoms with Gasteiger partial charge < -0.3 is 14.9 Å². The van der Waals surface area contributed by atoms with Crippen LogP contribution < -0.4 is 4.72 Å². The summed E-state index contributed by atoms with van der Waals surface area (Å²) in [5.74, 6) is -2.70. The molecule has 0 rings (SSSR count). The molecule has 9 heteroatoms. The highest BCUT2D eigenvalue weighted by molar-refractivity contribution is 7.89. The van der Waals surface area contributed by atoms with Crippen LogP contribution in [0.3, 0.4) is 0 Å². The number of carboxylic acid groups (broad SMARTS) is 1. The summed E-state index contributed by atoms with van der Waals surface area (Å²) in [5.41, 5.74) is 0. The molecule has 0 radical (unpaired) electrons. The van der Waals surface area contributed by atoms with Gasteiger partial charge in [0.25, 0.3) is 0 Å². The molecule has 0 amide bonds. The number of carbonyl (C=O) groups excluding carboxylic acids is 1. The van der Waals surface area contributed by atoms with E-state index >= 15 is 0 Å². The number of carbonyl (C=O) groups is 2. The summed E-state index contributed by atoms with van der Waals surface area (Å²) in [7, 11) is -3.80. The quantitative estimate of drug-likeness (QED) is 0.448. The highest BCUT2D eigenvalue weighted by Crippen LogP contribution is 1.93. The van der Waals surface area contributed by atoms with Crippen LogP contribution in [0.2, 0.25) is 0 Å². The van der Waals surface area contributed by atoms with Gasteiger partial charge in [-0.2, -0.15) is 0 Å². The molecule has 0 fully saturated rings. The number of esters is 1. The Bertz CT molecular complexity index is 364. The van der Waals surface area contributed by atoms with E-state index in [-0.39, 0.29) is 13.0 Å². The lowest BCUT2D eigenvalue weighted by Gasteiger charge is -2.08. The molecule has 0 aliphatic rings. The van der Waals surface area contributed by atoms with Gasteiger partial charge in [0.1, 0.15) is 0 Å². The number of nitrogens with one attached hydrogen (secondary N) is 1. The van der Waals surface area contributed by atoms with Crippen LogP contribution in [0.15, 0.2) is 0 Å². The summed E-state index contributed by atoms with van der Waals surface area (Å²) >= 11 is 0. The Morgan fingerprint density at radius 1 is 1.41 bits per heavy atom. The lowest BCUT2D eigenvalue weighted by Crippen LogP contribution is -2.37. The zero-order valence-electron chi connectivity index (χ0n) is 9.25. The van der Waals surface area contributed by atoms with Gasteiger partial charge in [0.2, 0.25) is 10.0 Å². The highest BCUT2D eigenvalue weighted by Gasteiger charge is 2.18. The van der Waals surface area contributed by atoms with Gasteiger partial charge in [-0.3, -0.25) is 4.79 Å². The first-order chi connectivity index (χ1) is 7.78. The Labute approximate surface area is 98.6 Å². The van der Waals surface area contributed by atoms with E-state index < -0.39 is 40.4 Å². The first-order valence-electron chi connectivity index (χ1n) is 4.82. The summed E-state index contributed by atoms with van der Waals surface area (Å²) in [6.45, 7) is 1.11. The molecule has 0 aliphatic heterocycles. The van der Waals surface area contributed by atoms with Gasteiger partial charge in [-0.25, -0.2) is 17.9 Å². The fourth-order valence-electron chi connectivity index (χ4n) is 0.816. The number of rotatable bonds is 8. The Hall–Kier alpha value is -1.19. The molecular formula is C8H15NO7S. The van der Waals surface area contributed by atoms with Gasteiger partial charge >= 0.3 is 11.9 Å². The van der Waals surface area contributed by atoms with E-state index in [1.54, 1.807) is 6.92 Å². The van der Waals surface area contributed by atoms with Crippen molar-refractivity contribution in [2.24, 2.45) is 0 Å². The average Bonchev–Trinajstić information content (AvgIpc) is 2.24. The van der Waals surface area contributed by atoms with Gasteiger partial charge in [0.05, 0.1) is 18.8 Å². The van der Waals surface area contributed by atoms with Gasteiger partial charge in [-0.1, -0.05) is 0 Å². The average molecular weight is 269 g/mol. The standard InChI is InChI=1S/C8H15NO7S/c1-2-16-7(11)3-4-17(14,15)9-5-6(10)8(12)13/h6,9-10H,2-5H2,1H3,(H,12,13)/t6-/m0/s1. The number of hydrogen-bond acceptors (Lipinski definition) is 6. The number of aliphatic carboxylic acids is 1. The first kappa shape index (κ1) is 15.8. The maximum atomic E-state index is 11.2. The van der Waals surface area contributed by atoms with Gasteiger partial charge in [-0.15, -0.1) is 0 Å². The van der Waals surface area contributed by atoms with Gasteiger partial charge in [0, 0.05) is 6.54 Å². The number of sulfonamides is 1. The van der Waals surface area contributed by atoms with Crippen LogP contribution in [0.25, 0.3) is 0 Å². The predicted molar refractivity (Wildman–Crippen MR) is 56.7 cm³/mol. The Balaban J connectivity index is 4.05. The van der Waals surface area contributed by atoms with Crippen LogP contribution in [-0.2, 0) is 24.3 Å². The minimum Gasteiger partial charge on any atom is -0.479 e. The third-order valence-electron chi connectivity index (χ3n) is 1.66. The smallest absolute Gasteiger partial charge is 0.333 e. The number of ether oxygens (including phenoxy) is 1. The van der Waals surface area contributed by atoms with Crippen molar-refractivity contribution in [1.82, 2.24) is 4.72 Å². The van der Waals surface area contributed by atoms with Crippen molar-refractivity contribution < 1.29 is 33.0 Å². The fourth-order valence-corrected chi connectivity index (χ4v) is 1.81. The molecule has 0 aliphatic carbocycles. The molecule has 0 spiro atoms. The second-order valence-corrected chi connectivity index (χ2v) is 5.00. The van der Waals surface area contributed by atoms with Crippen molar-refractivity contribution in [3.8, 4) is 0 Å². The molecule has 0 saturated heterocycles. The molecule has 100 valence electrons. The highest BCUT2D eigenvalue weighted by atomic mass is 32.2. The van der Waals surface area contributed by atoms with E-state index in [1.807, 2.05) is 4.72 Å². The van der Waals surface area contributed by atoms with E-state index in [9.17, 15) is 18.0 Å². The molecular weight excluding hydrogens is 254 g/mol. The topological polar surface area (TPSA) is 130 Å². The van der Waals surface area contributed by atoms with Crippen LogP contribution >= 0.6 is 0 Å². The predicted octanol–water partition coefficient (Wildman–Crippen LogP) is -1.70. The van der Waals surface area contributed by atoms with Crippen LogP contribution in [0.1, 0.15) is 13.3 Å². The maximum Gasteiger partial charge on any atom is 0.333 e. The van der Waals surface area contributed by atoms with Crippen molar-refractivity contribution in [3.63, 3.8) is 0 Å². The lowest BCUT2D eigenvalue weighted by atomic mass is 10.4. The SMILES string of the molecule is CCOC(=O)CCS(=O)(=O)NC[C@H](O)C(=O)O. The molecule has 3 N–H and O–H groups in total. The number of aliphatic hydroxyl groups is 1. The zero-order chi connectivity index (χ0) is 13.5. The van der Waals surface area contributed by atoms with Crippen molar-refractivity contribution in [2.75, 3.05) is 18.9 Å². The number of hydrogen-bond donors (Lipinski definition) is 3. The zero-order valence-corrected chi connectivity index (χ0v) is 10.1. The second-order valence-electron chi connectivity index (χ2n) is 3.08. The summed E-state index contributed by atoms with van der Waals surface area (Å²) in [6.07, 6.45) is -2.14. The van der Waals surface area contributed by atoms with Crippen LogP contribution in [0, 0.1) is 0 Å². The fraction of sp³-hybridized carbons (Fsp3) is 0.750. The maximum absolute atomic E-state index is 11.2. The summed E-state index contributed by atoms with van der Waals surface area (Å²) in [4.78, 5) is 21.1. The van der Waals surface area contributed by atoms with Crippen LogP contribution in [0.4, 0.5) is 0 Å². The molecule has 0 saturated carbocycles. The largest absolute Gasteiger partial charge is 0.479 e. The molecule has 0 aromatic heterocycles. The summed E-state index contributed by atoms with van der Waals surface area (Å²) < 4.78 is 28.9. The molecule has 0 aromatic rings. The van der Waals surface area contributed by atoms with Crippen molar-refractivity contribution in [2.45, 2.75) is 19.4 Å². The first-order valence-corrected chi connectivity index (χ1v) is 6.47. The number of carboxylic acids is 1. The van der Waals surface area contributed by atoms with Crippen molar-refractivity contribution >= 4 is 22.0 Å². The lowest BCUT2D eigenvalue weighted by molar-refractivity contribution is -0.146. The molecule has 17 heavy (non-hydrogen) atoms. The minimum atomic E-state index is -3.80. The molecule has 0 aromatic carbocycles. The summed E-state index contributed by atoms with van der Waals surface area (Å²) in [6, 6.07) is 0. The second kappa shape index (κ2) is 7.20.